The summed E-state index contributed by atoms with van der Waals surface area (Å²) in [5.41, 5.74) is 0. The highest BCUT2D eigenvalue weighted by Gasteiger charge is 2.43. The third-order valence-electron chi connectivity index (χ3n) is 2.01. The van der Waals surface area contributed by atoms with Crippen LogP contribution in [0.5, 0.6) is 0 Å². The molecule has 1 aliphatic heterocycles. The molecule has 1 rings (SSSR count). The number of Topliss-reactive ketones (excluding diaryl/α,β-unsaturated/α-hetero) is 1. The van der Waals surface area contributed by atoms with Crippen molar-refractivity contribution in [1.29, 1.82) is 0 Å². The number of aliphatic hydroxyl groups excluding tert-OH is 3. The molecule has 82 valence electrons. The molecule has 0 saturated carbocycles. The van der Waals surface area contributed by atoms with E-state index >= 15 is 0 Å². The summed E-state index contributed by atoms with van der Waals surface area (Å²) >= 11 is 0. The van der Waals surface area contributed by atoms with Gasteiger partial charge in [-0.05, 0) is 6.92 Å². The lowest BCUT2D eigenvalue weighted by molar-refractivity contribution is -0.254. The highest BCUT2D eigenvalue weighted by atomic mass is 16.7. The minimum absolute atomic E-state index is 0.267. The monoisotopic (exact) mass is 206 g/mol. The largest absolute Gasteiger partial charge is 0.394 e. The Balaban J connectivity index is 2.68. The van der Waals surface area contributed by atoms with Crippen LogP contribution < -0.4 is 0 Å². The minimum Gasteiger partial charge on any atom is -0.394 e. The predicted molar refractivity (Wildman–Crippen MR) is 44.4 cm³/mol. The maximum absolute atomic E-state index is 11.2. The van der Waals surface area contributed by atoms with Crippen LogP contribution in [0.25, 0.3) is 0 Å². The highest BCUT2D eigenvalue weighted by Crippen LogP contribution is 2.18. The molecule has 3 N–H and O–H groups in total. The Labute approximate surface area is 81.1 Å². The Bertz CT molecular complexity index is 206. The molecule has 0 bridgehead atoms. The first-order valence-electron chi connectivity index (χ1n) is 4.39. The van der Waals surface area contributed by atoms with Crippen LogP contribution in [0.2, 0.25) is 0 Å². The topological polar surface area (TPSA) is 96.2 Å². The molecule has 0 spiro atoms. The maximum Gasteiger partial charge on any atom is 0.197 e. The summed E-state index contributed by atoms with van der Waals surface area (Å²) in [7, 11) is 0. The summed E-state index contributed by atoms with van der Waals surface area (Å²) in [4.78, 5) is 11.2. The molecule has 1 aliphatic rings. The Morgan fingerprint density at radius 2 is 2.07 bits per heavy atom. The van der Waals surface area contributed by atoms with E-state index in [1.807, 2.05) is 0 Å². The van der Waals surface area contributed by atoms with E-state index < -0.39 is 37.0 Å². The number of carbonyl (C=O) groups excluding carboxylic acids is 1. The normalized spacial score (nSPS) is 38.7. The average molecular weight is 206 g/mol. The van der Waals surface area contributed by atoms with E-state index in [2.05, 4.69) is 0 Å². The van der Waals surface area contributed by atoms with Crippen LogP contribution in [0.15, 0.2) is 0 Å². The van der Waals surface area contributed by atoms with Crippen molar-refractivity contribution in [2.45, 2.75) is 31.5 Å². The Morgan fingerprint density at radius 1 is 1.43 bits per heavy atom. The Hall–Kier alpha value is -0.530. The first kappa shape index (κ1) is 11.5. The lowest BCUT2D eigenvalue weighted by Gasteiger charge is -2.34. The molecule has 0 aromatic heterocycles. The zero-order valence-electron chi connectivity index (χ0n) is 7.79. The van der Waals surface area contributed by atoms with Gasteiger partial charge in [-0.15, -0.1) is 0 Å². The first-order chi connectivity index (χ1) is 6.61. The lowest BCUT2D eigenvalue weighted by atomic mass is 10.0. The molecular formula is C8H14O6. The van der Waals surface area contributed by atoms with Gasteiger partial charge in [-0.3, -0.25) is 4.79 Å². The van der Waals surface area contributed by atoms with Crippen molar-refractivity contribution in [3.63, 3.8) is 0 Å². The molecule has 0 aromatic rings. The number of ketones is 1. The van der Waals surface area contributed by atoms with E-state index in [0.29, 0.717) is 0 Å². The third-order valence-corrected chi connectivity index (χ3v) is 2.01. The van der Waals surface area contributed by atoms with Crippen LogP contribution in [0, 0.1) is 0 Å². The molecule has 0 amide bonds. The molecule has 14 heavy (non-hydrogen) atoms. The number of hydrogen-bond acceptors (Lipinski definition) is 6. The zero-order valence-corrected chi connectivity index (χ0v) is 7.79. The van der Waals surface area contributed by atoms with Gasteiger partial charge in [-0.1, -0.05) is 0 Å². The van der Waals surface area contributed by atoms with Crippen molar-refractivity contribution in [2.24, 2.45) is 0 Å². The van der Waals surface area contributed by atoms with Gasteiger partial charge in [0.25, 0.3) is 0 Å². The summed E-state index contributed by atoms with van der Waals surface area (Å²) in [6.07, 6.45) is -5.12. The third kappa shape index (κ3) is 2.10. The molecule has 6 heteroatoms. The molecule has 0 aromatic carbocycles. The van der Waals surface area contributed by atoms with Crippen LogP contribution in [0.4, 0.5) is 0 Å². The number of rotatable bonds is 3. The summed E-state index contributed by atoms with van der Waals surface area (Å²) in [5.74, 6) is -0.784. The van der Waals surface area contributed by atoms with Gasteiger partial charge in [0.05, 0.1) is 6.61 Å². The predicted octanol–water partition coefficient (Wildman–Crippen LogP) is -1.97. The van der Waals surface area contributed by atoms with Gasteiger partial charge in [-0.2, -0.15) is 0 Å². The van der Waals surface area contributed by atoms with Gasteiger partial charge in [0.1, 0.15) is 12.2 Å². The minimum atomic E-state index is -1.49. The van der Waals surface area contributed by atoms with Crippen molar-refractivity contribution in [3.8, 4) is 0 Å². The lowest BCUT2D eigenvalue weighted by Crippen LogP contribution is -2.56. The Kier molecular flexibility index (Phi) is 3.97. The molecular weight excluding hydrogens is 192 g/mol. The average Bonchev–Trinajstić information content (AvgIpc) is 2.19. The molecule has 0 unspecified atom stereocenters. The highest BCUT2D eigenvalue weighted by molar-refractivity contribution is 5.88. The summed E-state index contributed by atoms with van der Waals surface area (Å²) < 4.78 is 9.91. The summed E-state index contributed by atoms with van der Waals surface area (Å²) in [5, 5.41) is 27.3. The van der Waals surface area contributed by atoms with Crippen molar-refractivity contribution >= 4 is 5.78 Å². The van der Waals surface area contributed by atoms with Gasteiger partial charge >= 0.3 is 0 Å². The molecule has 6 nitrogen and oxygen atoms in total. The number of ether oxygens (including phenoxy) is 2. The summed E-state index contributed by atoms with van der Waals surface area (Å²) in [6.45, 7) is 1.45. The van der Waals surface area contributed by atoms with Gasteiger partial charge in [0.15, 0.2) is 18.2 Å². The van der Waals surface area contributed by atoms with Crippen LogP contribution >= 0.6 is 0 Å². The number of hydrogen-bond donors (Lipinski definition) is 3. The fourth-order valence-electron chi connectivity index (χ4n) is 1.25. The van der Waals surface area contributed by atoms with Gasteiger partial charge in [0.2, 0.25) is 0 Å². The van der Waals surface area contributed by atoms with Crippen LogP contribution in [-0.2, 0) is 14.3 Å². The smallest absolute Gasteiger partial charge is 0.197 e. The van der Waals surface area contributed by atoms with Crippen LogP contribution in [0.1, 0.15) is 6.92 Å². The van der Waals surface area contributed by atoms with Gasteiger partial charge < -0.3 is 24.8 Å². The van der Waals surface area contributed by atoms with E-state index in [1.54, 1.807) is 6.92 Å². The number of aliphatic hydroxyl groups is 3. The van der Waals surface area contributed by atoms with E-state index in [9.17, 15) is 15.0 Å². The molecule has 0 radical (unpaired) electrons. The van der Waals surface area contributed by atoms with Gasteiger partial charge in [-0.25, -0.2) is 0 Å². The molecule has 1 fully saturated rings. The van der Waals surface area contributed by atoms with Crippen LogP contribution in [0.3, 0.4) is 0 Å². The second kappa shape index (κ2) is 4.81. The molecule has 1 saturated heterocycles. The fourth-order valence-corrected chi connectivity index (χ4v) is 1.25. The second-order valence-corrected chi connectivity index (χ2v) is 2.97. The van der Waals surface area contributed by atoms with Crippen molar-refractivity contribution in [2.75, 3.05) is 13.2 Å². The molecule has 1 heterocycles. The second-order valence-electron chi connectivity index (χ2n) is 2.97. The van der Waals surface area contributed by atoms with E-state index in [-0.39, 0.29) is 6.61 Å². The van der Waals surface area contributed by atoms with Crippen molar-refractivity contribution < 1.29 is 29.6 Å². The van der Waals surface area contributed by atoms with Crippen molar-refractivity contribution in [1.82, 2.24) is 0 Å². The van der Waals surface area contributed by atoms with E-state index in [1.165, 1.54) is 0 Å². The Morgan fingerprint density at radius 3 is 2.57 bits per heavy atom. The van der Waals surface area contributed by atoms with Crippen LogP contribution in [-0.4, -0.2) is 58.9 Å². The quantitative estimate of drug-likeness (QED) is 0.495. The first-order valence-corrected chi connectivity index (χ1v) is 4.39. The number of carbonyl (C=O) groups is 1. The van der Waals surface area contributed by atoms with Gasteiger partial charge in [0, 0.05) is 6.61 Å². The fraction of sp³-hybridized carbons (Fsp3) is 0.875. The van der Waals surface area contributed by atoms with Crippen molar-refractivity contribution in [3.05, 3.63) is 0 Å². The molecule has 4 atom stereocenters. The SMILES string of the molecule is CCO[C@@H]1O[C@H](CO)[C@@H](O)C(=O)[C@H]1O. The molecule has 0 aliphatic carbocycles. The van der Waals surface area contributed by atoms with E-state index in [4.69, 9.17) is 14.6 Å². The standard InChI is InChI=1S/C8H14O6/c1-2-13-8-7(12)6(11)5(10)4(3-9)14-8/h4-5,7-10,12H,2-3H2,1H3/t4-,5-,7-,8-/m1/s1. The maximum atomic E-state index is 11.2. The summed E-state index contributed by atoms with van der Waals surface area (Å²) in [6, 6.07) is 0. The van der Waals surface area contributed by atoms with E-state index in [0.717, 1.165) is 0 Å². The zero-order chi connectivity index (χ0) is 10.7.